The number of aryl methyl sites for hydroxylation is 2. The average molecular weight is 451 g/mol. The highest BCUT2D eigenvalue weighted by molar-refractivity contribution is 6.30. The molecule has 0 saturated carbocycles. The molecule has 0 saturated heterocycles. The van der Waals surface area contributed by atoms with Gasteiger partial charge < -0.3 is 5.32 Å². The maximum absolute atomic E-state index is 13.0. The van der Waals surface area contributed by atoms with Crippen molar-refractivity contribution >= 4 is 34.4 Å². The van der Waals surface area contributed by atoms with Crippen LogP contribution in [0.2, 0.25) is 5.02 Å². The fraction of sp³-hybridized carbons (Fsp3) is 0.182. The topological polar surface area (TPSA) is 112 Å². The Bertz CT molecular complexity index is 1440. The van der Waals surface area contributed by atoms with E-state index in [0.717, 1.165) is 10.1 Å². The molecular weight excluding hydrogens is 432 g/mol. The van der Waals surface area contributed by atoms with Crippen LogP contribution < -0.4 is 16.6 Å². The minimum Gasteiger partial charge on any atom is -0.309 e. The van der Waals surface area contributed by atoms with Crippen LogP contribution in [0.4, 0.5) is 5.82 Å². The molecule has 3 aromatic heterocycles. The number of nitrogens with one attached hydrogen (secondary N) is 1. The van der Waals surface area contributed by atoms with E-state index >= 15 is 0 Å². The smallest absolute Gasteiger partial charge is 0.309 e. The van der Waals surface area contributed by atoms with E-state index in [1.165, 1.54) is 10.8 Å². The molecule has 3 heterocycles. The summed E-state index contributed by atoms with van der Waals surface area (Å²) in [5.41, 5.74) is 0.558. The molecule has 0 aliphatic rings. The molecule has 4 rings (SSSR count). The quantitative estimate of drug-likeness (QED) is 0.500. The van der Waals surface area contributed by atoms with Gasteiger partial charge in [-0.1, -0.05) is 11.6 Å². The summed E-state index contributed by atoms with van der Waals surface area (Å²) >= 11 is 5.93. The number of pyridine rings is 1. The molecule has 0 aliphatic heterocycles. The lowest BCUT2D eigenvalue weighted by atomic mass is 10.2. The van der Waals surface area contributed by atoms with E-state index < -0.39 is 23.7 Å². The van der Waals surface area contributed by atoms with E-state index in [2.05, 4.69) is 20.3 Å². The Morgan fingerprint density at radius 2 is 1.84 bits per heavy atom. The Hall–Kier alpha value is -3.85. The first-order valence-electron chi connectivity index (χ1n) is 9.86. The molecule has 9 nitrogen and oxygen atoms in total. The summed E-state index contributed by atoms with van der Waals surface area (Å²) in [7, 11) is 0. The first kappa shape index (κ1) is 21.4. The predicted octanol–water partition coefficient (Wildman–Crippen LogP) is 2.64. The van der Waals surface area contributed by atoms with Gasteiger partial charge in [0.25, 0.3) is 5.56 Å². The van der Waals surface area contributed by atoms with Crippen molar-refractivity contribution in [2.24, 2.45) is 0 Å². The number of amides is 1. The minimum absolute atomic E-state index is 0.144. The molecule has 0 radical (unpaired) electrons. The number of nitrogens with zero attached hydrogens (tertiary/aromatic N) is 5. The molecule has 32 heavy (non-hydrogen) atoms. The van der Waals surface area contributed by atoms with Crippen molar-refractivity contribution in [1.82, 2.24) is 24.1 Å². The normalized spacial score (nSPS) is 11.0. The largest absolute Gasteiger partial charge is 0.333 e. The Morgan fingerprint density at radius 1 is 1.09 bits per heavy atom. The van der Waals surface area contributed by atoms with E-state index in [1.54, 1.807) is 49.5 Å². The van der Waals surface area contributed by atoms with Crippen LogP contribution in [-0.4, -0.2) is 30.0 Å². The van der Waals surface area contributed by atoms with Crippen LogP contribution >= 0.6 is 11.6 Å². The number of rotatable bonds is 5. The van der Waals surface area contributed by atoms with Crippen molar-refractivity contribution in [3.05, 3.63) is 80.2 Å². The number of halogens is 1. The molecular formula is C22H19ClN6O3. The van der Waals surface area contributed by atoms with Crippen LogP contribution in [0.15, 0.2) is 58.4 Å². The lowest BCUT2D eigenvalue weighted by Gasteiger charge is -2.12. The number of hydrogen-bond acceptors (Lipinski definition) is 6. The standard InChI is InChI=1S/C22H19ClN6O3/c1-3-28-20-16(11-25-19(27-20)14-4-6-15(23)7-5-14)21(31)29(22(28)32)12-18(30)26-17-10-13(2)8-9-24-17/h4-11H,3,12H2,1-2H3,(H,24,26,30). The third-order valence-electron chi connectivity index (χ3n) is 4.86. The zero-order chi connectivity index (χ0) is 22.8. The highest BCUT2D eigenvalue weighted by atomic mass is 35.5. The number of hydrogen-bond donors (Lipinski definition) is 1. The molecule has 0 unspecified atom stereocenters. The highest BCUT2D eigenvalue weighted by Crippen LogP contribution is 2.19. The second-order valence-corrected chi connectivity index (χ2v) is 7.56. The van der Waals surface area contributed by atoms with Gasteiger partial charge in [0.15, 0.2) is 11.5 Å². The molecule has 0 bridgehead atoms. The van der Waals surface area contributed by atoms with Gasteiger partial charge in [0.2, 0.25) is 5.91 Å². The zero-order valence-electron chi connectivity index (χ0n) is 17.4. The fourth-order valence-corrected chi connectivity index (χ4v) is 3.42. The van der Waals surface area contributed by atoms with Gasteiger partial charge in [-0.05, 0) is 55.8 Å². The monoisotopic (exact) mass is 450 g/mol. The van der Waals surface area contributed by atoms with E-state index in [4.69, 9.17) is 11.6 Å². The summed E-state index contributed by atoms with van der Waals surface area (Å²) in [4.78, 5) is 51.3. The van der Waals surface area contributed by atoms with Gasteiger partial charge >= 0.3 is 5.69 Å². The lowest BCUT2D eigenvalue weighted by Crippen LogP contribution is -2.43. The zero-order valence-corrected chi connectivity index (χ0v) is 18.1. The first-order chi connectivity index (χ1) is 15.4. The van der Waals surface area contributed by atoms with Crippen LogP contribution in [0.25, 0.3) is 22.4 Å². The molecule has 162 valence electrons. The number of fused-ring (bicyclic) bond motifs is 1. The van der Waals surface area contributed by atoms with Gasteiger partial charge in [-0.25, -0.2) is 19.7 Å². The van der Waals surface area contributed by atoms with Crippen LogP contribution in [0.1, 0.15) is 12.5 Å². The lowest BCUT2D eigenvalue weighted by molar-refractivity contribution is -0.116. The van der Waals surface area contributed by atoms with Crippen molar-refractivity contribution < 1.29 is 4.79 Å². The van der Waals surface area contributed by atoms with Crippen LogP contribution in [0.5, 0.6) is 0 Å². The molecule has 10 heteroatoms. The molecule has 1 amide bonds. The van der Waals surface area contributed by atoms with Crippen molar-refractivity contribution in [1.29, 1.82) is 0 Å². The van der Waals surface area contributed by atoms with Gasteiger partial charge in [0.05, 0.1) is 0 Å². The molecule has 1 N–H and O–H groups in total. The van der Waals surface area contributed by atoms with Gasteiger partial charge in [-0.15, -0.1) is 0 Å². The maximum Gasteiger partial charge on any atom is 0.333 e. The van der Waals surface area contributed by atoms with Crippen molar-refractivity contribution in [2.45, 2.75) is 26.9 Å². The van der Waals surface area contributed by atoms with E-state index in [0.29, 0.717) is 22.2 Å². The first-order valence-corrected chi connectivity index (χ1v) is 10.2. The van der Waals surface area contributed by atoms with Gasteiger partial charge in [-0.3, -0.25) is 18.7 Å². The third kappa shape index (κ3) is 4.15. The highest BCUT2D eigenvalue weighted by Gasteiger charge is 2.17. The Labute approximate surface area is 187 Å². The van der Waals surface area contributed by atoms with Crippen molar-refractivity contribution in [3.63, 3.8) is 0 Å². The van der Waals surface area contributed by atoms with Crippen LogP contribution in [0.3, 0.4) is 0 Å². The predicted molar refractivity (Wildman–Crippen MR) is 122 cm³/mol. The Balaban J connectivity index is 1.75. The summed E-state index contributed by atoms with van der Waals surface area (Å²) in [6.07, 6.45) is 2.93. The maximum atomic E-state index is 13.0. The number of aromatic nitrogens is 5. The molecule has 0 aliphatic carbocycles. The summed E-state index contributed by atoms with van der Waals surface area (Å²) in [6, 6.07) is 10.4. The molecule has 4 aromatic rings. The van der Waals surface area contributed by atoms with Gasteiger partial charge in [-0.2, -0.15) is 0 Å². The van der Waals surface area contributed by atoms with Gasteiger partial charge in [0.1, 0.15) is 17.7 Å². The molecule has 0 fully saturated rings. The number of carbonyl (C=O) groups is 1. The summed E-state index contributed by atoms with van der Waals surface area (Å²) in [5.74, 6) is 0.162. The number of carbonyl (C=O) groups excluding carboxylic acids is 1. The number of anilines is 1. The van der Waals surface area contributed by atoms with Crippen molar-refractivity contribution in [2.75, 3.05) is 5.32 Å². The van der Waals surface area contributed by atoms with E-state index in [9.17, 15) is 14.4 Å². The summed E-state index contributed by atoms with van der Waals surface area (Å²) < 4.78 is 2.22. The van der Waals surface area contributed by atoms with Crippen LogP contribution in [0, 0.1) is 6.92 Å². The minimum atomic E-state index is -0.635. The fourth-order valence-electron chi connectivity index (χ4n) is 3.29. The van der Waals surface area contributed by atoms with Crippen LogP contribution in [-0.2, 0) is 17.9 Å². The number of benzene rings is 1. The summed E-state index contributed by atoms with van der Waals surface area (Å²) in [5, 5.41) is 3.32. The Kier molecular flexibility index (Phi) is 5.83. The average Bonchev–Trinajstić information content (AvgIpc) is 2.77. The van der Waals surface area contributed by atoms with Crippen molar-refractivity contribution in [3.8, 4) is 11.4 Å². The van der Waals surface area contributed by atoms with E-state index in [-0.39, 0.29) is 17.6 Å². The van der Waals surface area contributed by atoms with Gasteiger partial charge in [0, 0.05) is 29.5 Å². The second-order valence-electron chi connectivity index (χ2n) is 7.12. The summed E-state index contributed by atoms with van der Waals surface area (Å²) in [6.45, 7) is 3.43. The Morgan fingerprint density at radius 3 is 2.53 bits per heavy atom. The molecule has 0 atom stereocenters. The molecule has 1 aromatic carbocycles. The second kappa shape index (κ2) is 8.72. The van der Waals surface area contributed by atoms with E-state index in [1.807, 2.05) is 6.92 Å². The SMILES string of the molecule is CCn1c(=O)n(CC(=O)Nc2cc(C)ccn2)c(=O)c2cnc(-c3ccc(Cl)cc3)nc21. The molecule has 0 spiro atoms. The third-order valence-corrected chi connectivity index (χ3v) is 5.12.